The van der Waals surface area contributed by atoms with Gasteiger partial charge in [-0.3, -0.25) is 9.48 Å². The van der Waals surface area contributed by atoms with E-state index < -0.39 is 0 Å². The van der Waals surface area contributed by atoms with Gasteiger partial charge in [0.05, 0.1) is 41.5 Å². The summed E-state index contributed by atoms with van der Waals surface area (Å²) < 4.78 is 3.51. The molecular formula is C27H26N8O. The minimum atomic E-state index is -0.158. The quantitative estimate of drug-likeness (QED) is 0.409. The molecule has 2 bridgehead atoms. The molecule has 0 spiro atoms. The first kappa shape index (κ1) is 22.0. The van der Waals surface area contributed by atoms with Crippen molar-refractivity contribution in [3.63, 3.8) is 0 Å². The monoisotopic (exact) mass is 478 g/mol. The van der Waals surface area contributed by atoms with Crippen LogP contribution in [-0.4, -0.2) is 60.4 Å². The maximum Gasteiger partial charge on any atom is 0.229 e. The molecule has 0 N–H and O–H groups in total. The molecule has 3 aliphatic rings. The second-order valence-electron chi connectivity index (χ2n) is 9.63. The van der Waals surface area contributed by atoms with E-state index in [1.54, 1.807) is 21.5 Å². The third-order valence-electron chi connectivity index (χ3n) is 7.34. The van der Waals surface area contributed by atoms with E-state index >= 15 is 0 Å². The molecule has 0 radical (unpaired) electrons. The lowest BCUT2D eigenvalue weighted by atomic mass is 9.86. The maximum absolute atomic E-state index is 12.6. The Hall–Kier alpha value is -4.45. The number of rotatable bonds is 5. The van der Waals surface area contributed by atoms with E-state index in [9.17, 15) is 10.1 Å². The van der Waals surface area contributed by atoms with Gasteiger partial charge in [0.25, 0.3) is 0 Å². The summed E-state index contributed by atoms with van der Waals surface area (Å²) >= 11 is 0. The van der Waals surface area contributed by atoms with Gasteiger partial charge < -0.3 is 9.80 Å². The topological polar surface area (TPSA) is 95.4 Å². The Morgan fingerprint density at radius 2 is 1.94 bits per heavy atom. The number of nitriles is 1. The van der Waals surface area contributed by atoms with Gasteiger partial charge in [-0.25, -0.2) is 9.50 Å². The molecular weight excluding hydrogens is 452 g/mol. The fourth-order valence-electron chi connectivity index (χ4n) is 5.40. The van der Waals surface area contributed by atoms with Crippen molar-refractivity contribution in [1.82, 2.24) is 29.3 Å². The zero-order chi connectivity index (χ0) is 25.0. The SMILES string of the molecule is C=CC(C)C(=O)N1CC2CC(C1)N2c1ccc(-c2cc(-c3cnn(C)c3)cn3ncc(C#N)c23)cn1. The zero-order valence-electron chi connectivity index (χ0n) is 20.2. The van der Waals surface area contributed by atoms with Crippen LogP contribution in [0.15, 0.2) is 61.8 Å². The predicted octanol–water partition coefficient (Wildman–Crippen LogP) is 3.28. The van der Waals surface area contributed by atoms with Crippen molar-refractivity contribution >= 4 is 17.2 Å². The summed E-state index contributed by atoms with van der Waals surface area (Å²) in [6.45, 7) is 7.08. The zero-order valence-corrected chi connectivity index (χ0v) is 20.2. The Balaban J connectivity index is 1.31. The van der Waals surface area contributed by atoms with Crippen molar-refractivity contribution < 1.29 is 4.79 Å². The standard InChI is InChI=1S/C27H26N8O/c1-4-17(2)27(36)33-15-22-8-23(16-33)35(22)25-6-5-18(10-29-25)24-7-19(21-12-30-32(3)13-21)14-34-26(24)20(9-28)11-31-34/h4-7,10-14,17,22-23H,1,8,15-16H2,2-3H3. The van der Waals surface area contributed by atoms with Gasteiger partial charge in [-0.15, -0.1) is 6.58 Å². The van der Waals surface area contributed by atoms with Crippen LogP contribution < -0.4 is 4.90 Å². The molecule has 180 valence electrons. The summed E-state index contributed by atoms with van der Waals surface area (Å²) in [7, 11) is 1.88. The maximum atomic E-state index is 12.6. The van der Waals surface area contributed by atoms with Crippen LogP contribution in [0.1, 0.15) is 18.9 Å². The van der Waals surface area contributed by atoms with Gasteiger partial charge in [-0.05, 0) is 24.6 Å². The second kappa shape index (κ2) is 8.34. The molecule has 9 heteroatoms. The fraction of sp³-hybridized carbons (Fsp3) is 0.296. The summed E-state index contributed by atoms with van der Waals surface area (Å²) in [5, 5.41) is 18.4. The number of nitrogens with zero attached hydrogens (tertiary/aromatic N) is 8. The summed E-state index contributed by atoms with van der Waals surface area (Å²) in [4.78, 5) is 21.7. The third-order valence-corrected chi connectivity index (χ3v) is 7.34. The predicted molar refractivity (Wildman–Crippen MR) is 136 cm³/mol. The molecule has 36 heavy (non-hydrogen) atoms. The molecule has 3 saturated heterocycles. The molecule has 1 amide bonds. The number of hydrogen-bond acceptors (Lipinski definition) is 6. The average molecular weight is 479 g/mol. The molecule has 0 aromatic carbocycles. The molecule has 0 aliphatic carbocycles. The van der Waals surface area contributed by atoms with E-state index in [4.69, 9.17) is 4.98 Å². The van der Waals surface area contributed by atoms with Gasteiger partial charge in [-0.1, -0.05) is 13.0 Å². The van der Waals surface area contributed by atoms with Crippen molar-refractivity contribution in [2.45, 2.75) is 25.4 Å². The summed E-state index contributed by atoms with van der Waals surface area (Å²) in [5.74, 6) is 0.904. The number of pyridine rings is 2. The van der Waals surface area contributed by atoms with Gasteiger partial charge in [0, 0.05) is 61.0 Å². The van der Waals surface area contributed by atoms with E-state index in [0.717, 1.165) is 40.0 Å². The Morgan fingerprint density at radius 3 is 2.58 bits per heavy atom. The molecule has 3 aliphatic heterocycles. The fourth-order valence-corrected chi connectivity index (χ4v) is 5.40. The number of amides is 1. The molecule has 3 fully saturated rings. The number of aryl methyl sites for hydroxylation is 1. The highest BCUT2D eigenvalue weighted by atomic mass is 16.2. The van der Waals surface area contributed by atoms with Crippen LogP contribution in [0.2, 0.25) is 0 Å². The van der Waals surface area contributed by atoms with Crippen LogP contribution in [0.5, 0.6) is 0 Å². The summed E-state index contributed by atoms with van der Waals surface area (Å²) in [6, 6.07) is 8.97. The smallest absolute Gasteiger partial charge is 0.229 e. The Labute approximate surface area is 208 Å². The van der Waals surface area contributed by atoms with Crippen molar-refractivity contribution in [3.8, 4) is 28.3 Å². The van der Waals surface area contributed by atoms with Crippen molar-refractivity contribution in [2.24, 2.45) is 13.0 Å². The number of carbonyl (C=O) groups excluding carboxylic acids is 1. The van der Waals surface area contributed by atoms with Crippen LogP contribution in [-0.2, 0) is 11.8 Å². The summed E-state index contributed by atoms with van der Waals surface area (Å²) in [5.41, 5.74) is 5.00. The van der Waals surface area contributed by atoms with Gasteiger partial charge in [0.15, 0.2) is 0 Å². The second-order valence-corrected chi connectivity index (χ2v) is 9.63. The van der Waals surface area contributed by atoms with Crippen LogP contribution in [0.3, 0.4) is 0 Å². The van der Waals surface area contributed by atoms with E-state index in [1.165, 1.54) is 0 Å². The van der Waals surface area contributed by atoms with E-state index in [-0.39, 0.29) is 23.9 Å². The number of piperidine rings is 1. The molecule has 0 saturated carbocycles. The number of anilines is 1. The number of carbonyl (C=O) groups is 1. The lowest BCUT2D eigenvalue weighted by Gasteiger charge is -2.57. The van der Waals surface area contributed by atoms with Gasteiger partial charge >= 0.3 is 0 Å². The molecule has 9 nitrogen and oxygen atoms in total. The van der Waals surface area contributed by atoms with Crippen LogP contribution in [0, 0.1) is 17.2 Å². The highest BCUT2D eigenvalue weighted by molar-refractivity contribution is 5.87. The van der Waals surface area contributed by atoms with E-state index in [0.29, 0.717) is 18.7 Å². The average Bonchev–Trinajstić information content (AvgIpc) is 3.53. The molecule has 7 heterocycles. The van der Waals surface area contributed by atoms with E-state index in [2.05, 4.69) is 39.9 Å². The largest absolute Gasteiger partial charge is 0.347 e. The molecule has 4 aromatic rings. The Kier molecular flexibility index (Phi) is 5.11. The van der Waals surface area contributed by atoms with Gasteiger partial charge in [-0.2, -0.15) is 15.5 Å². The molecule has 7 rings (SSSR count). The molecule has 3 atom stereocenters. The highest BCUT2D eigenvalue weighted by Gasteiger charge is 2.46. The normalized spacial score (nSPS) is 19.6. The van der Waals surface area contributed by atoms with Gasteiger partial charge in [0.2, 0.25) is 5.91 Å². The minimum Gasteiger partial charge on any atom is -0.347 e. The first-order valence-electron chi connectivity index (χ1n) is 12.0. The third kappa shape index (κ3) is 3.45. The Morgan fingerprint density at radius 1 is 1.14 bits per heavy atom. The lowest BCUT2D eigenvalue weighted by Crippen LogP contribution is -2.70. The molecule has 4 aromatic heterocycles. The van der Waals surface area contributed by atoms with Crippen LogP contribution >= 0.6 is 0 Å². The van der Waals surface area contributed by atoms with Crippen molar-refractivity contribution in [2.75, 3.05) is 18.0 Å². The first-order valence-corrected chi connectivity index (χ1v) is 12.0. The Bertz CT molecular complexity index is 1510. The van der Waals surface area contributed by atoms with E-state index in [1.807, 2.05) is 49.7 Å². The summed E-state index contributed by atoms with van der Waals surface area (Å²) in [6.07, 6.45) is 11.9. The van der Waals surface area contributed by atoms with Crippen LogP contribution in [0.25, 0.3) is 27.8 Å². The lowest BCUT2D eigenvalue weighted by molar-refractivity contribution is -0.136. The number of fused-ring (bicyclic) bond motifs is 3. The minimum absolute atomic E-state index is 0.147. The highest BCUT2D eigenvalue weighted by Crippen LogP contribution is 2.38. The van der Waals surface area contributed by atoms with Crippen molar-refractivity contribution in [3.05, 3.63) is 67.4 Å². The number of aromatic nitrogens is 5. The number of piperazine rings is 1. The van der Waals surface area contributed by atoms with Gasteiger partial charge in [0.1, 0.15) is 11.9 Å². The van der Waals surface area contributed by atoms with Crippen molar-refractivity contribution in [1.29, 1.82) is 5.26 Å². The van der Waals surface area contributed by atoms with Crippen LogP contribution in [0.4, 0.5) is 5.82 Å². The number of hydrogen-bond donors (Lipinski definition) is 0. The first-order chi connectivity index (χ1) is 17.5. The molecule has 3 unspecified atom stereocenters.